The van der Waals surface area contributed by atoms with E-state index in [-0.39, 0.29) is 11.6 Å². The highest BCUT2D eigenvalue weighted by Gasteiger charge is 2.12. The van der Waals surface area contributed by atoms with Gasteiger partial charge in [0.15, 0.2) is 0 Å². The molecule has 21 heavy (non-hydrogen) atoms. The second kappa shape index (κ2) is 5.65. The van der Waals surface area contributed by atoms with Gasteiger partial charge in [0, 0.05) is 10.0 Å². The molecule has 3 rings (SSSR count). The second-order valence-corrected chi connectivity index (χ2v) is 5.33. The van der Waals surface area contributed by atoms with Crippen molar-refractivity contribution < 1.29 is 14.0 Å². The van der Waals surface area contributed by atoms with Crippen LogP contribution in [0.25, 0.3) is 11.4 Å². The lowest BCUT2D eigenvalue weighted by Crippen LogP contribution is -1.89. The molecule has 0 bridgehead atoms. The van der Waals surface area contributed by atoms with Gasteiger partial charge in [-0.2, -0.15) is 4.98 Å². The highest BCUT2D eigenvalue weighted by atomic mass is 79.9. The predicted octanol–water partition coefficient (Wildman–Crippen LogP) is 3.93. The lowest BCUT2D eigenvalue weighted by atomic mass is 10.1. The van der Waals surface area contributed by atoms with Crippen LogP contribution in [0.3, 0.4) is 0 Å². The van der Waals surface area contributed by atoms with Crippen LogP contribution in [0.2, 0.25) is 0 Å². The van der Waals surface area contributed by atoms with Gasteiger partial charge in [0.1, 0.15) is 11.6 Å². The van der Waals surface area contributed by atoms with Gasteiger partial charge in [0.05, 0.1) is 6.42 Å². The first-order valence-electron chi connectivity index (χ1n) is 6.18. The first-order chi connectivity index (χ1) is 10.1. The Kier molecular flexibility index (Phi) is 3.70. The van der Waals surface area contributed by atoms with Crippen molar-refractivity contribution in [1.29, 1.82) is 0 Å². The van der Waals surface area contributed by atoms with Crippen LogP contribution in [0.15, 0.2) is 51.5 Å². The minimum absolute atomic E-state index is 0.209. The van der Waals surface area contributed by atoms with Crippen molar-refractivity contribution >= 4 is 15.9 Å². The third-order valence-electron chi connectivity index (χ3n) is 2.93. The zero-order chi connectivity index (χ0) is 14.8. The van der Waals surface area contributed by atoms with Crippen molar-refractivity contribution in [1.82, 2.24) is 10.1 Å². The SMILES string of the molecule is Oc1ccc(Cc2nc(-c3ccc(F)cc3Br)no2)cc1. The number of phenols is 1. The van der Waals surface area contributed by atoms with Crippen LogP contribution in [-0.4, -0.2) is 15.2 Å². The zero-order valence-corrected chi connectivity index (χ0v) is 12.3. The van der Waals surface area contributed by atoms with Crippen molar-refractivity contribution in [2.45, 2.75) is 6.42 Å². The summed E-state index contributed by atoms with van der Waals surface area (Å²) in [5.74, 6) is 0.723. The number of aromatic nitrogens is 2. The standard InChI is InChI=1S/C15H10BrFN2O2/c16-13-8-10(17)3-6-12(13)15-18-14(21-19-15)7-9-1-4-11(20)5-2-9/h1-6,8,20H,7H2. The summed E-state index contributed by atoms with van der Waals surface area (Å²) in [6.45, 7) is 0. The zero-order valence-electron chi connectivity index (χ0n) is 10.8. The van der Waals surface area contributed by atoms with Gasteiger partial charge in [0.2, 0.25) is 11.7 Å². The van der Waals surface area contributed by atoms with Gasteiger partial charge < -0.3 is 9.63 Å². The third-order valence-corrected chi connectivity index (χ3v) is 3.59. The van der Waals surface area contributed by atoms with Crippen molar-refractivity contribution in [2.24, 2.45) is 0 Å². The maximum atomic E-state index is 13.1. The topological polar surface area (TPSA) is 59.2 Å². The van der Waals surface area contributed by atoms with Crippen molar-refractivity contribution in [3.63, 3.8) is 0 Å². The van der Waals surface area contributed by atoms with Crippen LogP contribution in [0.5, 0.6) is 5.75 Å². The molecule has 106 valence electrons. The van der Waals surface area contributed by atoms with Crippen LogP contribution in [-0.2, 0) is 6.42 Å². The van der Waals surface area contributed by atoms with E-state index >= 15 is 0 Å². The number of aromatic hydroxyl groups is 1. The number of benzene rings is 2. The summed E-state index contributed by atoms with van der Waals surface area (Å²) in [5.41, 5.74) is 1.61. The van der Waals surface area contributed by atoms with Gasteiger partial charge in [-0.05, 0) is 51.8 Å². The largest absolute Gasteiger partial charge is 0.508 e. The summed E-state index contributed by atoms with van der Waals surface area (Å²) in [7, 11) is 0. The fourth-order valence-corrected chi connectivity index (χ4v) is 2.42. The highest BCUT2D eigenvalue weighted by Crippen LogP contribution is 2.27. The fraction of sp³-hybridized carbons (Fsp3) is 0.0667. The highest BCUT2D eigenvalue weighted by molar-refractivity contribution is 9.10. The first kappa shape index (κ1) is 13.8. The molecule has 0 saturated heterocycles. The smallest absolute Gasteiger partial charge is 0.231 e. The number of hydrogen-bond acceptors (Lipinski definition) is 4. The van der Waals surface area contributed by atoms with E-state index in [9.17, 15) is 9.50 Å². The van der Waals surface area contributed by atoms with Crippen LogP contribution >= 0.6 is 15.9 Å². The van der Waals surface area contributed by atoms with Crippen LogP contribution in [0.1, 0.15) is 11.5 Å². The van der Waals surface area contributed by atoms with Gasteiger partial charge in [-0.1, -0.05) is 17.3 Å². The summed E-state index contributed by atoms with van der Waals surface area (Å²) in [5, 5.41) is 13.1. The quantitative estimate of drug-likeness (QED) is 0.778. The Balaban J connectivity index is 1.84. The molecule has 0 atom stereocenters. The minimum atomic E-state index is -0.335. The first-order valence-corrected chi connectivity index (χ1v) is 6.97. The van der Waals surface area contributed by atoms with Crippen molar-refractivity contribution in [3.05, 3.63) is 64.2 Å². The molecule has 0 saturated carbocycles. The Morgan fingerprint density at radius 2 is 1.90 bits per heavy atom. The number of rotatable bonds is 3. The van der Waals surface area contributed by atoms with Crippen LogP contribution < -0.4 is 0 Å². The maximum absolute atomic E-state index is 13.1. The van der Waals surface area contributed by atoms with E-state index in [1.807, 2.05) is 0 Å². The summed E-state index contributed by atoms with van der Waals surface area (Å²) in [6.07, 6.45) is 0.464. The summed E-state index contributed by atoms with van der Waals surface area (Å²) in [6, 6.07) is 11.1. The van der Waals surface area contributed by atoms with E-state index in [0.29, 0.717) is 28.2 Å². The van der Waals surface area contributed by atoms with E-state index in [4.69, 9.17) is 4.52 Å². The molecule has 3 aromatic rings. The predicted molar refractivity (Wildman–Crippen MR) is 78.3 cm³/mol. The summed E-state index contributed by atoms with van der Waals surface area (Å²) < 4.78 is 18.8. The molecule has 0 spiro atoms. The number of nitrogens with zero attached hydrogens (tertiary/aromatic N) is 2. The van der Waals surface area contributed by atoms with Crippen LogP contribution in [0.4, 0.5) is 4.39 Å². The van der Waals surface area contributed by atoms with Gasteiger partial charge in [-0.25, -0.2) is 4.39 Å². The lowest BCUT2D eigenvalue weighted by molar-refractivity contribution is 0.385. The molecule has 0 aliphatic carbocycles. The van der Waals surface area contributed by atoms with Gasteiger partial charge in [-0.15, -0.1) is 0 Å². The van der Waals surface area contributed by atoms with E-state index in [1.54, 1.807) is 30.3 Å². The molecule has 0 aliphatic rings. The van der Waals surface area contributed by atoms with E-state index in [1.165, 1.54) is 12.1 Å². The van der Waals surface area contributed by atoms with Gasteiger partial charge in [-0.3, -0.25) is 0 Å². The average molecular weight is 349 g/mol. The second-order valence-electron chi connectivity index (χ2n) is 4.48. The molecule has 1 N–H and O–H groups in total. The molecule has 4 nitrogen and oxygen atoms in total. The van der Waals surface area contributed by atoms with E-state index in [2.05, 4.69) is 26.1 Å². The molecule has 1 aromatic heterocycles. The Morgan fingerprint density at radius 1 is 1.14 bits per heavy atom. The Hall–Kier alpha value is -2.21. The number of halogens is 2. The average Bonchev–Trinajstić information content (AvgIpc) is 2.90. The molecular formula is C15H10BrFN2O2. The Morgan fingerprint density at radius 3 is 2.62 bits per heavy atom. The summed E-state index contributed by atoms with van der Waals surface area (Å²) in [4.78, 5) is 4.30. The van der Waals surface area contributed by atoms with Gasteiger partial charge >= 0.3 is 0 Å². The lowest BCUT2D eigenvalue weighted by Gasteiger charge is -1.98. The molecule has 0 aliphatic heterocycles. The molecule has 0 fully saturated rings. The molecule has 2 aromatic carbocycles. The molecule has 1 heterocycles. The molecule has 0 radical (unpaired) electrons. The molecule has 0 unspecified atom stereocenters. The molecule has 0 amide bonds. The van der Waals surface area contributed by atoms with Crippen molar-refractivity contribution in [2.75, 3.05) is 0 Å². The Labute approximate surface area is 128 Å². The Bertz CT molecular complexity index is 772. The number of phenolic OH excluding ortho intramolecular Hbond substituents is 1. The third kappa shape index (κ3) is 3.11. The minimum Gasteiger partial charge on any atom is -0.508 e. The molecule has 6 heteroatoms. The van der Waals surface area contributed by atoms with Gasteiger partial charge in [0.25, 0.3) is 0 Å². The summed E-state index contributed by atoms with van der Waals surface area (Å²) >= 11 is 3.28. The van der Waals surface area contributed by atoms with Crippen LogP contribution in [0, 0.1) is 5.82 Å². The number of hydrogen-bond donors (Lipinski definition) is 1. The normalized spacial score (nSPS) is 10.8. The van der Waals surface area contributed by atoms with E-state index in [0.717, 1.165) is 5.56 Å². The maximum Gasteiger partial charge on any atom is 0.231 e. The fourth-order valence-electron chi connectivity index (χ4n) is 1.90. The van der Waals surface area contributed by atoms with E-state index < -0.39 is 0 Å². The van der Waals surface area contributed by atoms with Crippen molar-refractivity contribution in [3.8, 4) is 17.1 Å². The monoisotopic (exact) mass is 348 g/mol. The molecular weight excluding hydrogens is 339 g/mol.